The molecule has 1 saturated heterocycles. The highest BCUT2D eigenvalue weighted by molar-refractivity contribution is 7.91. The van der Waals surface area contributed by atoms with Gasteiger partial charge in [0.15, 0.2) is 9.84 Å². The number of hydrogen-bond donors (Lipinski definition) is 1. The zero-order valence-electron chi connectivity index (χ0n) is 13.6. The van der Waals surface area contributed by atoms with Crippen molar-refractivity contribution in [2.45, 2.75) is 24.8 Å². The minimum atomic E-state index is -3.07. The first kappa shape index (κ1) is 16.7. The summed E-state index contributed by atoms with van der Waals surface area (Å²) in [7, 11) is -3.07. The standard InChI is InChI=1S/C19H21NO3S/c1-19(12-13-24(22,23)14-19)20-18(21)17(15-8-4-2-5-9-15)16-10-6-3-7-11-16/h2-11,17H,12-14H2,1H3,(H,20,21)/t19-/m1/s1. The summed E-state index contributed by atoms with van der Waals surface area (Å²) in [5.41, 5.74) is 1.09. The Bertz CT molecular complexity index is 779. The van der Waals surface area contributed by atoms with E-state index in [0.717, 1.165) is 11.1 Å². The highest BCUT2D eigenvalue weighted by Gasteiger charge is 2.40. The second-order valence-corrected chi connectivity index (χ2v) is 8.83. The summed E-state index contributed by atoms with van der Waals surface area (Å²) in [5.74, 6) is -0.479. The van der Waals surface area contributed by atoms with Crippen molar-refractivity contribution in [2.24, 2.45) is 0 Å². The van der Waals surface area contributed by atoms with Crippen LogP contribution in [0, 0.1) is 0 Å². The summed E-state index contributed by atoms with van der Waals surface area (Å²) in [4.78, 5) is 13.0. The molecule has 0 radical (unpaired) electrons. The lowest BCUT2D eigenvalue weighted by molar-refractivity contribution is -0.123. The van der Waals surface area contributed by atoms with Crippen LogP contribution in [0.15, 0.2) is 60.7 Å². The molecular formula is C19H21NO3S. The summed E-state index contributed by atoms with van der Waals surface area (Å²) in [6, 6.07) is 19.1. The van der Waals surface area contributed by atoms with Crippen LogP contribution in [0.1, 0.15) is 30.4 Å². The minimum absolute atomic E-state index is 0.00202. The fourth-order valence-corrected chi connectivity index (χ4v) is 5.36. The van der Waals surface area contributed by atoms with E-state index in [2.05, 4.69) is 5.32 Å². The second-order valence-electron chi connectivity index (χ2n) is 6.65. The average molecular weight is 343 g/mol. The molecule has 1 fully saturated rings. The molecule has 0 spiro atoms. The molecule has 1 aliphatic heterocycles. The third-order valence-electron chi connectivity index (χ3n) is 4.46. The molecule has 1 N–H and O–H groups in total. The Morgan fingerprint density at radius 3 is 1.92 bits per heavy atom. The first-order valence-electron chi connectivity index (χ1n) is 8.01. The van der Waals surface area contributed by atoms with Gasteiger partial charge in [-0.05, 0) is 24.5 Å². The van der Waals surface area contributed by atoms with Crippen molar-refractivity contribution in [3.8, 4) is 0 Å². The molecule has 2 aromatic rings. The van der Waals surface area contributed by atoms with Crippen LogP contribution in [-0.4, -0.2) is 31.4 Å². The Morgan fingerprint density at radius 2 is 1.50 bits per heavy atom. The van der Waals surface area contributed by atoms with Crippen molar-refractivity contribution < 1.29 is 13.2 Å². The zero-order valence-corrected chi connectivity index (χ0v) is 14.4. The summed E-state index contributed by atoms with van der Waals surface area (Å²) >= 11 is 0. The van der Waals surface area contributed by atoms with E-state index in [9.17, 15) is 13.2 Å². The average Bonchev–Trinajstić information content (AvgIpc) is 2.82. The molecule has 2 aromatic carbocycles. The predicted molar refractivity (Wildman–Crippen MR) is 94.5 cm³/mol. The van der Waals surface area contributed by atoms with Gasteiger partial charge in [0.1, 0.15) is 0 Å². The first-order valence-corrected chi connectivity index (χ1v) is 9.83. The molecule has 24 heavy (non-hydrogen) atoms. The van der Waals surface area contributed by atoms with Crippen LogP contribution in [0.5, 0.6) is 0 Å². The number of amides is 1. The molecule has 0 bridgehead atoms. The highest BCUT2D eigenvalue weighted by Crippen LogP contribution is 2.28. The maximum absolute atomic E-state index is 13.0. The van der Waals surface area contributed by atoms with Crippen molar-refractivity contribution in [1.29, 1.82) is 0 Å². The van der Waals surface area contributed by atoms with E-state index in [1.54, 1.807) is 0 Å². The Hall–Kier alpha value is -2.14. The van der Waals surface area contributed by atoms with Crippen molar-refractivity contribution in [1.82, 2.24) is 5.32 Å². The molecule has 1 amide bonds. The fraction of sp³-hybridized carbons (Fsp3) is 0.316. The molecular weight excluding hydrogens is 322 g/mol. The van der Waals surface area contributed by atoms with Gasteiger partial charge in [0.25, 0.3) is 0 Å². The topological polar surface area (TPSA) is 63.2 Å². The van der Waals surface area contributed by atoms with Crippen LogP contribution < -0.4 is 5.32 Å². The molecule has 5 heteroatoms. The molecule has 126 valence electrons. The van der Waals surface area contributed by atoms with Crippen LogP contribution in [-0.2, 0) is 14.6 Å². The third kappa shape index (κ3) is 3.67. The Kier molecular flexibility index (Phi) is 4.45. The van der Waals surface area contributed by atoms with Gasteiger partial charge >= 0.3 is 0 Å². The maximum Gasteiger partial charge on any atom is 0.232 e. The minimum Gasteiger partial charge on any atom is -0.349 e. The van der Waals surface area contributed by atoms with Gasteiger partial charge in [0.05, 0.1) is 23.0 Å². The van der Waals surface area contributed by atoms with Gasteiger partial charge in [0, 0.05) is 0 Å². The SMILES string of the molecule is C[C@@]1(NC(=O)C(c2ccccc2)c2ccccc2)CCS(=O)(=O)C1. The van der Waals surface area contributed by atoms with Crippen molar-refractivity contribution >= 4 is 15.7 Å². The van der Waals surface area contributed by atoms with E-state index in [1.165, 1.54) is 0 Å². The smallest absolute Gasteiger partial charge is 0.232 e. The summed E-state index contributed by atoms with van der Waals surface area (Å²) in [5, 5.41) is 2.99. The van der Waals surface area contributed by atoms with Gasteiger partial charge in [-0.25, -0.2) is 8.42 Å². The van der Waals surface area contributed by atoms with Gasteiger partial charge in [-0.1, -0.05) is 60.7 Å². The third-order valence-corrected chi connectivity index (χ3v) is 6.36. The predicted octanol–water partition coefficient (Wildman–Crippen LogP) is 2.51. The van der Waals surface area contributed by atoms with Crippen LogP contribution >= 0.6 is 0 Å². The summed E-state index contributed by atoms with van der Waals surface area (Å²) in [6.07, 6.45) is 0.456. The van der Waals surface area contributed by atoms with E-state index >= 15 is 0 Å². The lowest BCUT2D eigenvalue weighted by atomic mass is 9.89. The largest absolute Gasteiger partial charge is 0.349 e. The first-order chi connectivity index (χ1) is 11.4. The molecule has 0 saturated carbocycles. The summed E-state index contributed by atoms with van der Waals surface area (Å²) < 4.78 is 23.6. The Labute approximate surface area is 142 Å². The van der Waals surface area contributed by atoms with E-state index in [1.807, 2.05) is 67.6 Å². The van der Waals surface area contributed by atoms with E-state index in [0.29, 0.717) is 6.42 Å². The lowest BCUT2D eigenvalue weighted by Gasteiger charge is -2.27. The number of rotatable bonds is 4. The van der Waals surface area contributed by atoms with Gasteiger partial charge < -0.3 is 5.32 Å². The Balaban J connectivity index is 1.90. The molecule has 1 aliphatic rings. The number of carbonyl (C=O) groups excluding carboxylic acids is 1. The molecule has 0 aliphatic carbocycles. The number of hydrogen-bond acceptors (Lipinski definition) is 3. The van der Waals surface area contributed by atoms with Crippen LogP contribution in [0.25, 0.3) is 0 Å². The Morgan fingerprint density at radius 1 is 1.00 bits per heavy atom. The number of carbonyl (C=O) groups is 1. The van der Waals surface area contributed by atoms with E-state index in [-0.39, 0.29) is 17.4 Å². The normalized spacial score (nSPS) is 22.4. The fourth-order valence-electron chi connectivity index (χ4n) is 3.26. The van der Waals surface area contributed by atoms with Gasteiger partial charge in [-0.15, -0.1) is 0 Å². The van der Waals surface area contributed by atoms with Crippen LogP contribution in [0.2, 0.25) is 0 Å². The quantitative estimate of drug-likeness (QED) is 0.928. The molecule has 0 aromatic heterocycles. The highest BCUT2D eigenvalue weighted by atomic mass is 32.2. The number of sulfone groups is 1. The lowest BCUT2D eigenvalue weighted by Crippen LogP contribution is -2.48. The van der Waals surface area contributed by atoms with Crippen molar-refractivity contribution in [3.05, 3.63) is 71.8 Å². The van der Waals surface area contributed by atoms with Crippen molar-refractivity contribution in [2.75, 3.05) is 11.5 Å². The second kappa shape index (κ2) is 6.40. The number of nitrogens with one attached hydrogen (secondary N) is 1. The molecule has 1 atom stereocenters. The van der Waals surface area contributed by atoms with E-state index < -0.39 is 21.3 Å². The van der Waals surface area contributed by atoms with E-state index in [4.69, 9.17) is 0 Å². The van der Waals surface area contributed by atoms with Crippen molar-refractivity contribution in [3.63, 3.8) is 0 Å². The van der Waals surface area contributed by atoms with Crippen LogP contribution in [0.3, 0.4) is 0 Å². The molecule has 1 heterocycles. The molecule has 0 unspecified atom stereocenters. The zero-order chi connectivity index (χ0) is 17.2. The van der Waals surface area contributed by atoms with Crippen LogP contribution in [0.4, 0.5) is 0 Å². The van der Waals surface area contributed by atoms with Gasteiger partial charge in [-0.2, -0.15) is 0 Å². The van der Waals surface area contributed by atoms with Gasteiger partial charge in [-0.3, -0.25) is 4.79 Å². The molecule has 4 nitrogen and oxygen atoms in total. The maximum atomic E-state index is 13.0. The van der Waals surface area contributed by atoms with Gasteiger partial charge in [0.2, 0.25) is 5.91 Å². The summed E-state index contributed by atoms with van der Waals surface area (Å²) in [6.45, 7) is 1.81. The number of benzene rings is 2. The molecule has 3 rings (SSSR count). The monoisotopic (exact) mass is 343 g/mol.